The van der Waals surface area contributed by atoms with Crippen LogP contribution in [0.2, 0.25) is 0 Å². The van der Waals surface area contributed by atoms with Crippen LogP contribution in [-0.4, -0.2) is 66.1 Å². The number of carbonyl (C=O) groups is 2. The van der Waals surface area contributed by atoms with Gasteiger partial charge in [-0.1, -0.05) is 0 Å². The van der Waals surface area contributed by atoms with Crippen LogP contribution in [0.3, 0.4) is 0 Å². The molecule has 0 radical (unpaired) electrons. The van der Waals surface area contributed by atoms with Crippen LogP contribution in [0, 0.1) is 0 Å². The minimum atomic E-state index is -0.876. The summed E-state index contributed by atoms with van der Waals surface area (Å²) >= 11 is 0. The Balaban J connectivity index is 2.27. The summed E-state index contributed by atoms with van der Waals surface area (Å²) in [5.74, 6) is -0.876. The lowest BCUT2D eigenvalue weighted by molar-refractivity contribution is -0.137. The van der Waals surface area contributed by atoms with Crippen molar-refractivity contribution in [2.75, 3.05) is 32.9 Å². The molecule has 1 atom stereocenters. The Kier molecular flexibility index (Phi) is 5.71. The number of ether oxygens (including phenoxy) is 1. The first kappa shape index (κ1) is 13.7. The van der Waals surface area contributed by atoms with E-state index < -0.39 is 5.97 Å². The number of carbonyl (C=O) groups excluding carboxylic acids is 1. The Morgan fingerprint density at radius 2 is 2.24 bits per heavy atom. The van der Waals surface area contributed by atoms with Crippen LogP contribution in [0.25, 0.3) is 0 Å². The molecule has 0 spiro atoms. The third-order valence-corrected chi connectivity index (χ3v) is 2.54. The molecule has 1 rings (SSSR count). The molecule has 0 aromatic rings. The standard InChI is InChI=1S/C10H18N2O5/c13-6-8-7-17-5-4-12(8)10(16)11-3-1-2-9(14)15/h8,13H,1-7H2,(H,11,16)(H,14,15). The maximum Gasteiger partial charge on any atom is 0.317 e. The van der Waals surface area contributed by atoms with E-state index in [1.54, 1.807) is 0 Å². The topological polar surface area (TPSA) is 99.1 Å². The quantitative estimate of drug-likeness (QED) is 0.554. The molecule has 3 N–H and O–H groups in total. The largest absolute Gasteiger partial charge is 0.481 e. The molecule has 2 amide bonds. The van der Waals surface area contributed by atoms with Gasteiger partial charge in [0, 0.05) is 19.5 Å². The second-order valence-electron chi connectivity index (χ2n) is 3.83. The van der Waals surface area contributed by atoms with E-state index in [1.807, 2.05) is 0 Å². The number of nitrogens with zero attached hydrogens (tertiary/aromatic N) is 1. The SMILES string of the molecule is O=C(O)CCCNC(=O)N1CCOCC1CO. The molecular formula is C10H18N2O5. The predicted octanol–water partition coefficient (Wildman–Crippen LogP) is -0.746. The lowest BCUT2D eigenvalue weighted by Gasteiger charge is -2.34. The summed E-state index contributed by atoms with van der Waals surface area (Å²) in [6.45, 7) is 1.41. The van der Waals surface area contributed by atoms with E-state index in [4.69, 9.17) is 14.9 Å². The molecule has 1 unspecified atom stereocenters. The van der Waals surface area contributed by atoms with Crippen LogP contribution >= 0.6 is 0 Å². The van der Waals surface area contributed by atoms with Gasteiger partial charge in [0.1, 0.15) is 0 Å². The van der Waals surface area contributed by atoms with E-state index in [9.17, 15) is 9.59 Å². The summed E-state index contributed by atoms with van der Waals surface area (Å²) in [5, 5.41) is 20.1. The van der Waals surface area contributed by atoms with Gasteiger partial charge in [0.05, 0.1) is 25.9 Å². The third-order valence-electron chi connectivity index (χ3n) is 2.54. The summed E-state index contributed by atoms with van der Waals surface area (Å²) in [6.07, 6.45) is 0.433. The molecule has 7 nitrogen and oxygen atoms in total. The third kappa shape index (κ3) is 4.58. The van der Waals surface area contributed by atoms with Crippen molar-refractivity contribution >= 4 is 12.0 Å². The van der Waals surface area contributed by atoms with E-state index in [-0.39, 0.29) is 25.1 Å². The number of nitrogens with one attached hydrogen (secondary N) is 1. The van der Waals surface area contributed by atoms with Crippen molar-refractivity contribution in [3.8, 4) is 0 Å². The Morgan fingerprint density at radius 1 is 1.47 bits per heavy atom. The molecular weight excluding hydrogens is 228 g/mol. The number of carboxylic acids is 1. The van der Waals surface area contributed by atoms with Crippen LogP contribution in [0.4, 0.5) is 4.79 Å². The number of rotatable bonds is 5. The molecule has 1 heterocycles. The molecule has 0 aliphatic carbocycles. The normalized spacial score (nSPS) is 20.1. The molecule has 0 aromatic heterocycles. The lowest BCUT2D eigenvalue weighted by atomic mass is 10.2. The lowest BCUT2D eigenvalue weighted by Crippen LogP contribution is -2.54. The number of hydrogen-bond acceptors (Lipinski definition) is 4. The highest BCUT2D eigenvalue weighted by Gasteiger charge is 2.26. The van der Waals surface area contributed by atoms with E-state index >= 15 is 0 Å². The highest BCUT2D eigenvalue weighted by Crippen LogP contribution is 2.06. The zero-order chi connectivity index (χ0) is 12.7. The van der Waals surface area contributed by atoms with Crippen LogP contribution in [-0.2, 0) is 9.53 Å². The zero-order valence-electron chi connectivity index (χ0n) is 9.59. The number of carboxylic acid groups (broad SMARTS) is 1. The van der Waals surface area contributed by atoms with Crippen molar-refractivity contribution in [2.45, 2.75) is 18.9 Å². The minimum Gasteiger partial charge on any atom is -0.481 e. The molecule has 1 saturated heterocycles. The van der Waals surface area contributed by atoms with Gasteiger partial charge in [0.2, 0.25) is 0 Å². The number of aliphatic hydroxyl groups excluding tert-OH is 1. The summed E-state index contributed by atoms with van der Waals surface area (Å²) in [4.78, 5) is 23.5. The van der Waals surface area contributed by atoms with Gasteiger partial charge >= 0.3 is 12.0 Å². The maximum atomic E-state index is 11.7. The fourth-order valence-corrected chi connectivity index (χ4v) is 1.61. The van der Waals surface area contributed by atoms with E-state index in [2.05, 4.69) is 5.32 Å². The summed E-state index contributed by atoms with van der Waals surface area (Å²) < 4.78 is 5.15. The smallest absolute Gasteiger partial charge is 0.317 e. The van der Waals surface area contributed by atoms with Crippen LogP contribution in [0.5, 0.6) is 0 Å². The molecule has 98 valence electrons. The summed E-state index contributed by atoms with van der Waals surface area (Å²) in [7, 11) is 0. The first-order valence-corrected chi connectivity index (χ1v) is 5.60. The molecule has 0 saturated carbocycles. The Hall–Kier alpha value is -1.34. The number of hydrogen-bond donors (Lipinski definition) is 3. The van der Waals surface area contributed by atoms with Gasteiger partial charge in [0.15, 0.2) is 0 Å². The first-order chi connectivity index (χ1) is 8.15. The van der Waals surface area contributed by atoms with Crippen LogP contribution < -0.4 is 5.32 Å². The highest BCUT2D eigenvalue weighted by molar-refractivity contribution is 5.74. The van der Waals surface area contributed by atoms with Gasteiger partial charge in [-0.3, -0.25) is 4.79 Å². The Labute approximate surface area is 99.4 Å². The molecule has 1 fully saturated rings. The van der Waals surface area contributed by atoms with Gasteiger partial charge in [-0.2, -0.15) is 0 Å². The van der Waals surface area contributed by atoms with Gasteiger partial charge in [-0.15, -0.1) is 0 Å². The van der Waals surface area contributed by atoms with E-state index in [1.165, 1.54) is 4.90 Å². The van der Waals surface area contributed by atoms with Crippen LogP contribution in [0.1, 0.15) is 12.8 Å². The average Bonchev–Trinajstić information content (AvgIpc) is 2.34. The first-order valence-electron chi connectivity index (χ1n) is 5.60. The zero-order valence-corrected chi connectivity index (χ0v) is 9.59. The molecule has 0 bridgehead atoms. The van der Waals surface area contributed by atoms with E-state index in [0.717, 1.165) is 0 Å². The monoisotopic (exact) mass is 246 g/mol. The molecule has 17 heavy (non-hydrogen) atoms. The van der Waals surface area contributed by atoms with Crippen molar-refractivity contribution in [1.82, 2.24) is 10.2 Å². The van der Waals surface area contributed by atoms with Gasteiger partial charge in [-0.05, 0) is 6.42 Å². The van der Waals surface area contributed by atoms with Crippen molar-refractivity contribution < 1.29 is 24.5 Å². The number of amides is 2. The minimum absolute atomic E-state index is 0.0345. The van der Waals surface area contributed by atoms with Gasteiger partial charge in [0.25, 0.3) is 0 Å². The average molecular weight is 246 g/mol. The molecule has 7 heteroatoms. The fourth-order valence-electron chi connectivity index (χ4n) is 1.61. The van der Waals surface area contributed by atoms with Gasteiger partial charge in [-0.25, -0.2) is 4.79 Å². The Bertz CT molecular complexity index is 271. The maximum absolute atomic E-state index is 11.7. The van der Waals surface area contributed by atoms with Crippen LogP contribution in [0.15, 0.2) is 0 Å². The number of aliphatic carboxylic acids is 1. The molecule has 1 aliphatic rings. The highest BCUT2D eigenvalue weighted by atomic mass is 16.5. The number of urea groups is 1. The van der Waals surface area contributed by atoms with Crippen molar-refractivity contribution in [1.29, 1.82) is 0 Å². The van der Waals surface area contributed by atoms with Crippen molar-refractivity contribution in [2.24, 2.45) is 0 Å². The van der Waals surface area contributed by atoms with Crippen molar-refractivity contribution in [3.05, 3.63) is 0 Å². The molecule has 0 aromatic carbocycles. The number of morpholine rings is 1. The second-order valence-corrected chi connectivity index (χ2v) is 3.83. The molecule has 1 aliphatic heterocycles. The predicted molar refractivity (Wildman–Crippen MR) is 58.7 cm³/mol. The summed E-state index contributed by atoms with van der Waals surface area (Å²) in [5.41, 5.74) is 0. The summed E-state index contributed by atoms with van der Waals surface area (Å²) in [6, 6.07) is -0.596. The fraction of sp³-hybridized carbons (Fsp3) is 0.800. The Morgan fingerprint density at radius 3 is 2.88 bits per heavy atom. The van der Waals surface area contributed by atoms with Crippen molar-refractivity contribution in [3.63, 3.8) is 0 Å². The van der Waals surface area contributed by atoms with Gasteiger partial charge < -0.3 is 25.2 Å². The van der Waals surface area contributed by atoms with E-state index in [0.29, 0.717) is 32.7 Å². The second kappa shape index (κ2) is 7.08. The number of aliphatic hydroxyl groups is 1.